The highest BCUT2D eigenvalue weighted by Crippen LogP contribution is 2.43. The Bertz CT molecular complexity index is 1150. The second kappa shape index (κ2) is 18.1. The molecule has 2 aromatic carbocycles. The highest BCUT2D eigenvalue weighted by molar-refractivity contribution is 5.83. The van der Waals surface area contributed by atoms with Crippen LogP contribution in [0.25, 0.3) is 5.76 Å². The standard InChI is InChI=1S/C37H53NO5/c1-3-4-5-6-7-8-9-10-11-15-22-42-28-36(40)43-37-32(24-31-25-35(41-2)34(39)26-33(31)37)23-29-18-20-38(21-19-29)27-30-16-13-12-14-17-30/h12-14,16-17,25-26,29,39H,3-11,15,18-24,27-28H2,1-2H3. The number of likely N-dealkylation sites (tertiary alicyclic amines) is 1. The van der Waals surface area contributed by atoms with E-state index in [0.717, 1.165) is 68.4 Å². The van der Waals surface area contributed by atoms with Crippen LogP contribution in [0.15, 0.2) is 48.0 Å². The number of fused-ring (bicyclic) bond motifs is 1. The Labute approximate surface area is 259 Å². The van der Waals surface area contributed by atoms with E-state index in [2.05, 4.69) is 42.2 Å². The second-order valence-electron chi connectivity index (χ2n) is 12.4. The van der Waals surface area contributed by atoms with Crippen molar-refractivity contribution in [2.45, 2.75) is 103 Å². The number of aromatic hydroxyl groups is 1. The first-order valence-corrected chi connectivity index (χ1v) is 16.7. The molecule has 6 heteroatoms. The first kappa shape index (κ1) is 33.1. The largest absolute Gasteiger partial charge is 0.504 e. The van der Waals surface area contributed by atoms with Crippen molar-refractivity contribution in [1.82, 2.24) is 4.90 Å². The number of carbonyl (C=O) groups excluding carboxylic acids is 1. The molecular weight excluding hydrogens is 538 g/mol. The van der Waals surface area contributed by atoms with E-state index < -0.39 is 0 Å². The number of allylic oxidation sites excluding steroid dienone is 1. The number of phenolic OH excluding ortho intramolecular Hbond substituents is 1. The number of nitrogens with zero attached hydrogens (tertiary/aromatic N) is 1. The minimum atomic E-state index is -0.375. The third-order valence-electron chi connectivity index (χ3n) is 8.94. The van der Waals surface area contributed by atoms with Gasteiger partial charge in [-0.3, -0.25) is 4.90 Å². The average Bonchev–Trinajstić information content (AvgIpc) is 3.33. The fourth-order valence-electron chi connectivity index (χ4n) is 6.45. The lowest BCUT2D eigenvalue weighted by Gasteiger charge is -2.32. The summed E-state index contributed by atoms with van der Waals surface area (Å²) in [6, 6.07) is 14.2. The monoisotopic (exact) mass is 591 g/mol. The van der Waals surface area contributed by atoms with Gasteiger partial charge in [-0.25, -0.2) is 4.79 Å². The van der Waals surface area contributed by atoms with Gasteiger partial charge in [0.15, 0.2) is 11.5 Å². The van der Waals surface area contributed by atoms with Gasteiger partial charge < -0.3 is 19.3 Å². The Hall–Kier alpha value is -2.83. The third-order valence-corrected chi connectivity index (χ3v) is 8.94. The second-order valence-corrected chi connectivity index (χ2v) is 12.4. The molecule has 1 N–H and O–H groups in total. The molecule has 0 amide bonds. The smallest absolute Gasteiger partial charge is 0.337 e. The molecule has 0 atom stereocenters. The molecule has 0 bridgehead atoms. The molecule has 43 heavy (non-hydrogen) atoms. The van der Waals surface area contributed by atoms with Crippen LogP contribution in [0.1, 0.15) is 107 Å². The molecule has 1 saturated heterocycles. The van der Waals surface area contributed by atoms with E-state index in [0.29, 0.717) is 30.5 Å². The minimum absolute atomic E-state index is 0.0520. The summed E-state index contributed by atoms with van der Waals surface area (Å²) < 4.78 is 17.0. The average molecular weight is 592 g/mol. The lowest BCUT2D eigenvalue weighted by molar-refractivity contribution is -0.141. The van der Waals surface area contributed by atoms with E-state index in [1.807, 2.05) is 6.07 Å². The van der Waals surface area contributed by atoms with Crippen LogP contribution in [-0.2, 0) is 27.2 Å². The number of piperidine rings is 1. The predicted octanol–water partition coefficient (Wildman–Crippen LogP) is 8.45. The maximum atomic E-state index is 12.9. The number of hydrogen-bond acceptors (Lipinski definition) is 6. The van der Waals surface area contributed by atoms with Crippen molar-refractivity contribution in [2.75, 3.05) is 33.4 Å². The van der Waals surface area contributed by atoms with Gasteiger partial charge in [0.25, 0.3) is 0 Å². The lowest BCUT2D eigenvalue weighted by atomic mass is 9.89. The summed E-state index contributed by atoms with van der Waals surface area (Å²) in [6.07, 6.45) is 16.5. The van der Waals surface area contributed by atoms with Crippen LogP contribution in [0.2, 0.25) is 0 Å². The Kier molecular flexibility index (Phi) is 13.9. The van der Waals surface area contributed by atoms with Crippen molar-refractivity contribution in [1.29, 1.82) is 0 Å². The topological polar surface area (TPSA) is 68.2 Å². The number of unbranched alkanes of at least 4 members (excludes halogenated alkanes) is 9. The highest BCUT2D eigenvalue weighted by Gasteiger charge is 2.30. The predicted molar refractivity (Wildman–Crippen MR) is 173 cm³/mol. The summed E-state index contributed by atoms with van der Waals surface area (Å²) in [5, 5.41) is 10.5. The normalized spacial score (nSPS) is 15.6. The molecule has 4 rings (SSSR count). The summed E-state index contributed by atoms with van der Waals surface area (Å²) in [7, 11) is 1.56. The van der Waals surface area contributed by atoms with E-state index >= 15 is 0 Å². The molecule has 0 saturated carbocycles. The Balaban J connectivity index is 1.24. The first-order chi connectivity index (χ1) is 21.1. The van der Waals surface area contributed by atoms with E-state index in [1.165, 1.54) is 56.9 Å². The zero-order valence-electron chi connectivity index (χ0n) is 26.6. The molecule has 2 aliphatic rings. The summed E-state index contributed by atoms with van der Waals surface area (Å²) in [5.74, 6) is 1.27. The van der Waals surface area contributed by atoms with Crippen LogP contribution < -0.4 is 4.74 Å². The zero-order valence-corrected chi connectivity index (χ0v) is 26.6. The molecule has 6 nitrogen and oxygen atoms in total. The molecule has 1 heterocycles. The van der Waals surface area contributed by atoms with Crippen LogP contribution in [0, 0.1) is 5.92 Å². The van der Waals surface area contributed by atoms with Gasteiger partial charge in [-0.1, -0.05) is 95.0 Å². The number of benzene rings is 2. The molecule has 0 aromatic heterocycles. The van der Waals surface area contributed by atoms with Crippen molar-refractivity contribution < 1.29 is 24.1 Å². The first-order valence-electron chi connectivity index (χ1n) is 16.7. The summed E-state index contributed by atoms with van der Waals surface area (Å²) in [6.45, 7) is 5.90. The van der Waals surface area contributed by atoms with Crippen LogP contribution in [0.3, 0.4) is 0 Å². The van der Waals surface area contributed by atoms with Crippen molar-refractivity contribution in [2.24, 2.45) is 5.92 Å². The van der Waals surface area contributed by atoms with Gasteiger partial charge in [-0.2, -0.15) is 0 Å². The van der Waals surface area contributed by atoms with Crippen LogP contribution in [0.5, 0.6) is 11.5 Å². The minimum Gasteiger partial charge on any atom is -0.504 e. The van der Waals surface area contributed by atoms with Crippen LogP contribution in [0.4, 0.5) is 0 Å². The molecule has 1 fully saturated rings. The summed E-state index contributed by atoms with van der Waals surface area (Å²) in [5.41, 5.74) is 4.30. The molecule has 1 aliphatic carbocycles. The summed E-state index contributed by atoms with van der Waals surface area (Å²) >= 11 is 0. The van der Waals surface area contributed by atoms with E-state index in [4.69, 9.17) is 14.2 Å². The maximum Gasteiger partial charge on any atom is 0.337 e. The molecule has 2 aromatic rings. The Morgan fingerprint density at radius 3 is 2.28 bits per heavy atom. The van der Waals surface area contributed by atoms with Crippen LogP contribution in [-0.4, -0.2) is 49.4 Å². The van der Waals surface area contributed by atoms with Gasteiger partial charge in [0.2, 0.25) is 0 Å². The highest BCUT2D eigenvalue weighted by atomic mass is 16.6. The third kappa shape index (κ3) is 10.7. The van der Waals surface area contributed by atoms with E-state index in [9.17, 15) is 9.90 Å². The van der Waals surface area contributed by atoms with Crippen LogP contribution >= 0.6 is 0 Å². The zero-order chi connectivity index (χ0) is 30.3. The number of methoxy groups -OCH3 is 1. The fraction of sp³-hybridized carbons (Fsp3) is 0.595. The number of hydrogen-bond donors (Lipinski definition) is 1. The summed E-state index contributed by atoms with van der Waals surface area (Å²) in [4.78, 5) is 15.4. The van der Waals surface area contributed by atoms with Crippen molar-refractivity contribution in [3.63, 3.8) is 0 Å². The van der Waals surface area contributed by atoms with Gasteiger partial charge >= 0.3 is 5.97 Å². The van der Waals surface area contributed by atoms with Crippen molar-refractivity contribution in [3.8, 4) is 11.5 Å². The van der Waals surface area contributed by atoms with Gasteiger partial charge in [0.1, 0.15) is 12.4 Å². The molecular formula is C37H53NO5. The lowest BCUT2D eigenvalue weighted by Crippen LogP contribution is -2.33. The number of esters is 1. The van der Waals surface area contributed by atoms with Gasteiger partial charge in [0.05, 0.1) is 7.11 Å². The molecule has 1 aliphatic heterocycles. The fourth-order valence-corrected chi connectivity index (χ4v) is 6.45. The number of rotatable bonds is 19. The maximum absolute atomic E-state index is 12.9. The quantitative estimate of drug-likeness (QED) is 0.131. The molecule has 0 spiro atoms. The van der Waals surface area contributed by atoms with Crippen molar-refractivity contribution >= 4 is 11.7 Å². The molecule has 0 radical (unpaired) electrons. The number of carbonyl (C=O) groups is 1. The van der Waals surface area contributed by atoms with Gasteiger partial charge in [-0.05, 0) is 79.9 Å². The number of ether oxygens (including phenoxy) is 3. The Morgan fingerprint density at radius 1 is 0.930 bits per heavy atom. The van der Waals surface area contributed by atoms with Crippen molar-refractivity contribution in [3.05, 3.63) is 64.7 Å². The molecule has 0 unspecified atom stereocenters. The SMILES string of the molecule is CCCCCCCCCCCCOCC(=O)OC1=C(CC2CCN(Cc3ccccc3)CC2)Cc2cc(OC)c(O)cc21. The van der Waals surface area contributed by atoms with E-state index in [1.54, 1.807) is 13.2 Å². The Morgan fingerprint density at radius 2 is 1.60 bits per heavy atom. The number of phenols is 1. The van der Waals surface area contributed by atoms with Gasteiger partial charge in [-0.15, -0.1) is 0 Å². The molecule has 236 valence electrons. The van der Waals surface area contributed by atoms with E-state index in [-0.39, 0.29) is 18.3 Å². The van der Waals surface area contributed by atoms with Gasteiger partial charge in [0, 0.05) is 18.7 Å².